The third kappa shape index (κ3) is 6.25. The lowest BCUT2D eigenvalue weighted by Crippen LogP contribution is -2.37. The molecule has 0 unspecified atom stereocenters. The molecule has 0 atom stereocenters. The number of imidazole rings is 1. The van der Waals surface area contributed by atoms with Gasteiger partial charge in [0, 0.05) is 32.5 Å². The van der Waals surface area contributed by atoms with E-state index in [1.807, 2.05) is 19.1 Å². The zero-order valence-electron chi connectivity index (χ0n) is 16.3. The van der Waals surface area contributed by atoms with E-state index in [0.717, 1.165) is 17.0 Å². The fourth-order valence-electron chi connectivity index (χ4n) is 2.91. The molecule has 3 aromatic rings. The van der Waals surface area contributed by atoms with E-state index < -0.39 is 0 Å². The maximum Gasteiger partial charge on any atom is 0.191 e. The monoisotopic (exact) mass is 511 g/mol. The molecule has 0 amide bonds. The van der Waals surface area contributed by atoms with E-state index in [1.54, 1.807) is 36.1 Å². The Balaban J connectivity index is 0.00000300. The lowest BCUT2D eigenvalue weighted by molar-refractivity contribution is 0.613. The normalized spacial score (nSPS) is 11.1. The summed E-state index contributed by atoms with van der Waals surface area (Å²) in [7, 11) is 1.67. The first-order chi connectivity index (χ1) is 13.6. The van der Waals surface area contributed by atoms with Crippen LogP contribution in [0.5, 0.6) is 0 Å². The van der Waals surface area contributed by atoms with Gasteiger partial charge in [0.1, 0.15) is 17.5 Å². The third-order valence-corrected chi connectivity index (χ3v) is 4.38. The second kappa shape index (κ2) is 10.9. The van der Waals surface area contributed by atoms with Crippen molar-refractivity contribution in [2.75, 3.05) is 13.6 Å². The van der Waals surface area contributed by atoms with Crippen LogP contribution in [0.15, 0.2) is 59.9 Å². The number of aromatic nitrogens is 2. The van der Waals surface area contributed by atoms with E-state index >= 15 is 0 Å². The minimum Gasteiger partial charge on any atom is -0.356 e. The number of nitrogens with one attached hydrogen (secondary N) is 2. The Hall–Kier alpha value is -2.49. The second-order valence-electron chi connectivity index (χ2n) is 6.36. The van der Waals surface area contributed by atoms with Gasteiger partial charge in [-0.05, 0) is 48.7 Å². The molecule has 0 aliphatic rings. The van der Waals surface area contributed by atoms with Gasteiger partial charge in [0.05, 0.1) is 5.69 Å². The summed E-state index contributed by atoms with van der Waals surface area (Å²) in [5, 5.41) is 6.33. The highest BCUT2D eigenvalue weighted by molar-refractivity contribution is 14.0. The molecule has 0 spiro atoms. The molecule has 5 nitrogen and oxygen atoms in total. The number of benzene rings is 2. The standard InChI is InChI=1S/C21H23F2N5.HI/c1-15-25-10-11-28(15)20-7-6-17(13-19(20)23)14-27-21(24-2)26-9-8-16-4-3-5-18(22)12-16;/h3-7,10-13H,8-9,14H2,1-2H3,(H2,24,26,27);1H. The largest absolute Gasteiger partial charge is 0.356 e. The summed E-state index contributed by atoms with van der Waals surface area (Å²) in [6, 6.07) is 11.6. The van der Waals surface area contributed by atoms with Gasteiger partial charge >= 0.3 is 0 Å². The summed E-state index contributed by atoms with van der Waals surface area (Å²) < 4.78 is 29.4. The van der Waals surface area contributed by atoms with Crippen molar-refractivity contribution in [1.82, 2.24) is 20.2 Å². The Labute approximate surface area is 186 Å². The van der Waals surface area contributed by atoms with Gasteiger partial charge in [-0.15, -0.1) is 24.0 Å². The summed E-state index contributed by atoms with van der Waals surface area (Å²) in [4.78, 5) is 8.28. The summed E-state index contributed by atoms with van der Waals surface area (Å²) in [6.45, 7) is 2.87. The van der Waals surface area contributed by atoms with Gasteiger partial charge in [0.2, 0.25) is 0 Å². The van der Waals surface area contributed by atoms with Crippen molar-refractivity contribution in [3.8, 4) is 5.69 Å². The highest BCUT2D eigenvalue weighted by atomic mass is 127. The predicted molar refractivity (Wildman–Crippen MR) is 122 cm³/mol. The topological polar surface area (TPSA) is 54.2 Å². The maximum absolute atomic E-state index is 14.5. The first-order valence-electron chi connectivity index (χ1n) is 9.04. The summed E-state index contributed by atoms with van der Waals surface area (Å²) >= 11 is 0. The van der Waals surface area contributed by atoms with Gasteiger partial charge < -0.3 is 15.2 Å². The van der Waals surface area contributed by atoms with Crippen LogP contribution in [0.3, 0.4) is 0 Å². The highest BCUT2D eigenvalue weighted by Crippen LogP contribution is 2.16. The minimum absolute atomic E-state index is 0. The Morgan fingerprint density at radius 1 is 1.10 bits per heavy atom. The van der Waals surface area contributed by atoms with Crippen LogP contribution in [0.2, 0.25) is 0 Å². The van der Waals surface area contributed by atoms with E-state index in [-0.39, 0.29) is 35.6 Å². The molecule has 1 aromatic heterocycles. The number of hydrogen-bond acceptors (Lipinski definition) is 2. The fourth-order valence-corrected chi connectivity index (χ4v) is 2.91. The van der Waals surface area contributed by atoms with Crippen LogP contribution in [0.1, 0.15) is 17.0 Å². The summed E-state index contributed by atoms with van der Waals surface area (Å²) in [6.07, 6.45) is 4.05. The minimum atomic E-state index is -0.311. The Kier molecular flexibility index (Phi) is 8.56. The molecule has 0 bridgehead atoms. The van der Waals surface area contributed by atoms with Crippen molar-refractivity contribution in [3.63, 3.8) is 0 Å². The molecule has 0 saturated heterocycles. The van der Waals surface area contributed by atoms with Gasteiger partial charge in [-0.1, -0.05) is 18.2 Å². The predicted octanol–water partition coefficient (Wildman–Crippen LogP) is 3.98. The lowest BCUT2D eigenvalue weighted by atomic mass is 10.1. The summed E-state index contributed by atoms with van der Waals surface area (Å²) in [5.41, 5.74) is 2.18. The van der Waals surface area contributed by atoms with Gasteiger partial charge in [-0.25, -0.2) is 13.8 Å². The Bertz CT molecular complexity index is 971. The molecule has 2 N–H and O–H groups in total. The molecule has 0 aliphatic carbocycles. The number of nitrogens with zero attached hydrogens (tertiary/aromatic N) is 3. The first kappa shape index (κ1) is 22.8. The highest BCUT2D eigenvalue weighted by Gasteiger charge is 2.08. The third-order valence-electron chi connectivity index (χ3n) is 4.38. The van der Waals surface area contributed by atoms with Crippen LogP contribution in [0.25, 0.3) is 5.69 Å². The number of aryl methyl sites for hydroxylation is 1. The average molecular weight is 511 g/mol. The van der Waals surface area contributed by atoms with E-state index in [2.05, 4.69) is 20.6 Å². The molecule has 154 valence electrons. The lowest BCUT2D eigenvalue weighted by Gasteiger charge is -2.13. The van der Waals surface area contributed by atoms with Gasteiger partial charge in [0.15, 0.2) is 5.96 Å². The van der Waals surface area contributed by atoms with E-state index in [1.165, 1.54) is 18.2 Å². The van der Waals surface area contributed by atoms with Crippen molar-refractivity contribution in [1.29, 1.82) is 0 Å². The molecule has 0 saturated carbocycles. The van der Waals surface area contributed by atoms with Crippen molar-refractivity contribution in [3.05, 3.63) is 83.4 Å². The zero-order chi connectivity index (χ0) is 19.9. The van der Waals surface area contributed by atoms with Crippen LogP contribution < -0.4 is 10.6 Å². The fraction of sp³-hybridized carbons (Fsp3) is 0.238. The number of hydrogen-bond donors (Lipinski definition) is 2. The van der Waals surface area contributed by atoms with Crippen molar-refractivity contribution in [2.45, 2.75) is 19.9 Å². The number of rotatable bonds is 6. The molecule has 0 fully saturated rings. The van der Waals surface area contributed by atoms with Crippen LogP contribution in [-0.2, 0) is 13.0 Å². The molecule has 1 heterocycles. The first-order valence-corrected chi connectivity index (χ1v) is 9.04. The zero-order valence-corrected chi connectivity index (χ0v) is 18.7. The van der Waals surface area contributed by atoms with Crippen LogP contribution in [0, 0.1) is 18.6 Å². The Morgan fingerprint density at radius 2 is 1.93 bits per heavy atom. The quantitative estimate of drug-likeness (QED) is 0.299. The smallest absolute Gasteiger partial charge is 0.191 e. The van der Waals surface area contributed by atoms with Gasteiger partial charge in [0.25, 0.3) is 0 Å². The van der Waals surface area contributed by atoms with Crippen LogP contribution >= 0.6 is 24.0 Å². The maximum atomic E-state index is 14.5. The van der Waals surface area contributed by atoms with Gasteiger partial charge in [-0.2, -0.15) is 0 Å². The van der Waals surface area contributed by atoms with Crippen molar-refractivity contribution >= 4 is 29.9 Å². The van der Waals surface area contributed by atoms with Gasteiger partial charge in [-0.3, -0.25) is 4.99 Å². The average Bonchev–Trinajstić information content (AvgIpc) is 3.10. The molecule has 0 aliphatic heterocycles. The second-order valence-corrected chi connectivity index (χ2v) is 6.36. The number of aliphatic imine (C=N–C) groups is 1. The molecular formula is C21H24F2IN5. The van der Waals surface area contributed by atoms with Crippen LogP contribution in [-0.4, -0.2) is 29.1 Å². The van der Waals surface area contributed by atoms with E-state index in [9.17, 15) is 8.78 Å². The molecule has 29 heavy (non-hydrogen) atoms. The molecule has 8 heteroatoms. The number of guanidine groups is 1. The SMILES string of the molecule is CN=C(NCCc1cccc(F)c1)NCc1ccc(-n2ccnc2C)c(F)c1.I. The van der Waals surface area contributed by atoms with Crippen molar-refractivity contribution in [2.24, 2.45) is 4.99 Å². The van der Waals surface area contributed by atoms with Crippen LogP contribution in [0.4, 0.5) is 8.78 Å². The van der Waals surface area contributed by atoms with Crippen molar-refractivity contribution < 1.29 is 8.78 Å². The molecule has 3 rings (SSSR count). The molecule has 2 aromatic carbocycles. The Morgan fingerprint density at radius 3 is 2.59 bits per heavy atom. The molecule has 0 radical (unpaired) electrons. The van der Waals surface area contributed by atoms with E-state index in [0.29, 0.717) is 31.2 Å². The molecular weight excluding hydrogens is 487 g/mol. The number of halogens is 3. The van der Waals surface area contributed by atoms with E-state index in [4.69, 9.17) is 0 Å². The summed E-state index contributed by atoms with van der Waals surface area (Å²) in [5.74, 6) is 0.782.